The fourth-order valence-electron chi connectivity index (χ4n) is 1.74. The van der Waals surface area contributed by atoms with Crippen LogP contribution in [-0.2, 0) is 0 Å². The summed E-state index contributed by atoms with van der Waals surface area (Å²) in [5.74, 6) is 0. The van der Waals surface area contributed by atoms with Crippen molar-refractivity contribution in [2.45, 2.75) is 13.0 Å². The van der Waals surface area contributed by atoms with Crippen LogP contribution in [0, 0.1) is 6.92 Å². The number of aromatic nitrogens is 1. The van der Waals surface area contributed by atoms with Crippen molar-refractivity contribution in [2.75, 3.05) is 19.6 Å². The molecule has 2 N–H and O–H groups in total. The van der Waals surface area contributed by atoms with E-state index in [1.807, 2.05) is 12.3 Å². The number of piperazine rings is 1. The molecule has 0 aliphatic carbocycles. The lowest BCUT2D eigenvalue weighted by molar-refractivity contribution is 0.428. The van der Waals surface area contributed by atoms with Gasteiger partial charge in [-0.25, -0.2) is 0 Å². The highest BCUT2D eigenvalue weighted by Crippen LogP contribution is 2.15. The second-order valence-corrected chi connectivity index (χ2v) is 3.39. The highest BCUT2D eigenvalue weighted by atomic mass is 15.1. The normalized spacial score (nSPS) is 23.0. The van der Waals surface area contributed by atoms with E-state index in [1.54, 1.807) is 0 Å². The van der Waals surface area contributed by atoms with Crippen molar-refractivity contribution in [3.8, 4) is 0 Å². The van der Waals surface area contributed by atoms with Gasteiger partial charge in [-0.15, -0.1) is 0 Å². The maximum Gasteiger partial charge on any atom is 0.0465 e. The zero-order valence-corrected chi connectivity index (χ0v) is 7.88. The molecule has 0 bridgehead atoms. The summed E-state index contributed by atoms with van der Waals surface area (Å²) in [6.07, 6.45) is 1.84. The molecule has 70 valence electrons. The Kier molecular flexibility index (Phi) is 2.57. The van der Waals surface area contributed by atoms with Gasteiger partial charge in [0.2, 0.25) is 0 Å². The minimum atomic E-state index is 0.433. The lowest BCUT2D eigenvalue weighted by Crippen LogP contribution is -2.42. The Hall–Kier alpha value is -0.930. The van der Waals surface area contributed by atoms with Gasteiger partial charge >= 0.3 is 0 Å². The quantitative estimate of drug-likeness (QED) is 0.660. The molecule has 0 radical (unpaired) electrons. The molecule has 1 aromatic heterocycles. The van der Waals surface area contributed by atoms with E-state index in [4.69, 9.17) is 0 Å². The van der Waals surface area contributed by atoms with Gasteiger partial charge in [0.25, 0.3) is 0 Å². The summed E-state index contributed by atoms with van der Waals surface area (Å²) in [4.78, 5) is 4.29. The molecule has 2 rings (SSSR count). The van der Waals surface area contributed by atoms with Crippen molar-refractivity contribution >= 4 is 0 Å². The molecule has 13 heavy (non-hydrogen) atoms. The van der Waals surface area contributed by atoms with Crippen molar-refractivity contribution in [1.29, 1.82) is 0 Å². The first-order valence-corrected chi connectivity index (χ1v) is 4.73. The summed E-state index contributed by atoms with van der Waals surface area (Å²) in [5, 5.41) is 6.84. The van der Waals surface area contributed by atoms with E-state index < -0.39 is 0 Å². The molecule has 1 atom stereocenters. The monoisotopic (exact) mass is 177 g/mol. The van der Waals surface area contributed by atoms with Crippen LogP contribution in [0.1, 0.15) is 17.3 Å². The zero-order valence-electron chi connectivity index (χ0n) is 7.88. The van der Waals surface area contributed by atoms with Crippen molar-refractivity contribution in [3.63, 3.8) is 0 Å². The minimum absolute atomic E-state index is 0.433. The molecule has 1 aromatic rings. The third kappa shape index (κ3) is 1.87. The van der Waals surface area contributed by atoms with Gasteiger partial charge in [-0.2, -0.15) is 0 Å². The summed E-state index contributed by atoms with van der Waals surface area (Å²) in [7, 11) is 0. The Bertz CT molecular complexity index is 279. The molecule has 3 heteroatoms. The molecule has 1 fully saturated rings. The van der Waals surface area contributed by atoms with Crippen LogP contribution in [0.3, 0.4) is 0 Å². The molecule has 0 amide bonds. The summed E-state index contributed by atoms with van der Waals surface area (Å²) in [6.45, 7) is 5.17. The van der Waals surface area contributed by atoms with Crippen LogP contribution in [0.4, 0.5) is 0 Å². The van der Waals surface area contributed by atoms with E-state index >= 15 is 0 Å². The van der Waals surface area contributed by atoms with Crippen LogP contribution >= 0.6 is 0 Å². The lowest BCUT2D eigenvalue weighted by atomic mass is 10.0. The van der Waals surface area contributed by atoms with Crippen LogP contribution in [0.5, 0.6) is 0 Å². The third-order valence-electron chi connectivity index (χ3n) is 2.46. The van der Waals surface area contributed by atoms with E-state index in [-0.39, 0.29) is 0 Å². The predicted octanol–water partition coefficient (Wildman–Crippen LogP) is 0.624. The van der Waals surface area contributed by atoms with Gasteiger partial charge in [0.15, 0.2) is 0 Å². The minimum Gasteiger partial charge on any atom is -0.314 e. The van der Waals surface area contributed by atoms with Crippen molar-refractivity contribution in [3.05, 3.63) is 29.6 Å². The van der Waals surface area contributed by atoms with Gasteiger partial charge in [0.1, 0.15) is 0 Å². The molecular formula is C10H15N3. The van der Waals surface area contributed by atoms with E-state index in [0.29, 0.717) is 6.04 Å². The smallest absolute Gasteiger partial charge is 0.0465 e. The van der Waals surface area contributed by atoms with Gasteiger partial charge in [-0.3, -0.25) is 4.98 Å². The third-order valence-corrected chi connectivity index (χ3v) is 2.46. The average molecular weight is 177 g/mol. The number of aryl methyl sites for hydroxylation is 1. The van der Waals surface area contributed by atoms with E-state index in [0.717, 1.165) is 25.3 Å². The standard InChI is InChI=1S/C10H15N3/c1-8-9(3-2-4-12-8)10-7-11-5-6-13-10/h2-4,10-11,13H,5-7H2,1H3/t10-/m0/s1. The molecule has 3 nitrogen and oxygen atoms in total. The topological polar surface area (TPSA) is 37.0 Å². The lowest BCUT2D eigenvalue weighted by Gasteiger charge is -2.25. The van der Waals surface area contributed by atoms with Crippen molar-refractivity contribution in [2.24, 2.45) is 0 Å². The molecule has 2 heterocycles. The van der Waals surface area contributed by atoms with E-state index in [2.05, 4.69) is 28.6 Å². The second kappa shape index (κ2) is 3.85. The molecule has 1 aliphatic rings. The summed E-state index contributed by atoms with van der Waals surface area (Å²) < 4.78 is 0. The van der Waals surface area contributed by atoms with E-state index in [9.17, 15) is 0 Å². The molecule has 0 spiro atoms. The highest BCUT2D eigenvalue weighted by Gasteiger charge is 2.15. The second-order valence-electron chi connectivity index (χ2n) is 3.39. The summed E-state index contributed by atoms with van der Waals surface area (Å²) in [5.41, 5.74) is 2.44. The number of nitrogens with zero attached hydrogens (tertiary/aromatic N) is 1. The Labute approximate surface area is 78.6 Å². The Morgan fingerprint density at radius 1 is 1.46 bits per heavy atom. The maximum atomic E-state index is 4.29. The first kappa shape index (κ1) is 8.66. The number of nitrogens with one attached hydrogen (secondary N) is 2. The molecule has 0 unspecified atom stereocenters. The summed E-state index contributed by atoms with van der Waals surface area (Å²) in [6, 6.07) is 4.58. The van der Waals surface area contributed by atoms with Crippen LogP contribution < -0.4 is 10.6 Å². The fraction of sp³-hybridized carbons (Fsp3) is 0.500. The van der Waals surface area contributed by atoms with E-state index in [1.165, 1.54) is 5.56 Å². The predicted molar refractivity (Wildman–Crippen MR) is 52.6 cm³/mol. The van der Waals surface area contributed by atoms with Crippen molar-refractivity contribution in [1.82, 2.24) is 15.6 Å². The Morgan fingerprint density at radius 3 is 3.08 bits per heavy atom. The molecule has 1 saturated heterocycles. The van der Waals surface area contributed by atoms with Gasteiger partial charge in [0, 0.05) is 37.6 Å². The highest BCUT2D eigenvalue weighted by molar-refractivity contribution is 5.23. The van der Waals surface area contributed by atoms with Crippen molar-refractivity contribution < 1.29 is 0 Å². The fourth-order valence-corrected chi connectivity index (χ4v) is 1.74. The molecule has 0 saturated carbocycles. The van der Waals surface area contributed by atoms with Crippen LogP contribution in [0.2, 0.25) is 0 Å². The summed E-state index contributed by atoms with van der Waals surface area (Å²) >= 11 is 0. The van der Waals surface area contributed by atoms with Crippen LogP contribution in [0.25, 0.3) is 0 Å². The van der Waals surface area contributed by atoms with Gasteiger partial charge in [-0.1, -0.05) is 6.07 Å². The largest absolute Gasteiger partial charge is 0.314 e. The van der Waals surface area contributed by atoms with Gasteiger partial charge in [0.05, 0.1) is 0 Å². The molecule has 1 aliphatic heterocycles. The Balaban J connectivity index is 2.18. The van der Waals surface area contributed by atoms with Gasteiger partial charge in [-0.05, 0) is 18.6 Å². The Morgan fingerprint density at radius 2 is 2.38 bits per heavy atom. The number of hydrogen-bond acceptors (Lipinski definition) is 3. The maximum absolute atomic E-state index is 4.29. The number of pyridine rings is 1. The molecular weight excluding hydrogens is 162 g/mol. The number of hydrogen-bond donors (Lipinski definition) is 2. The first-order chi connectivity index (χ1) is 6.38. The van der Waals surface area contributed by atoms with Crippen LogP contribution in [-0.4, -0.2) is 24.6 Å². The SMILES string of the molecule is Cc1ncccc1[C@@H]1CNCCN1. The average Bonchev–Trinajstić information content (AvgIpc) is 2.20. The number of rotatable bonds is 1. The van der Waals surface area contributed by atoms with Gasteiger partial charge < -0.3 is 10.6 Å². The molecule has 0 aromatic carbocycles. The van der Waals surface area contributed by atoms with Crippen LogP contribution in [0.15, 0.2) is 18.3 Å². The first-order valence-electron chi connectivity index (χ1n) is 4.73. The zero-order chi connectivity index (χ0) is 9.10.